The molecule has 1 aromatic carbocycles. The highest BCUT2D eigenvalue weighted by atomic mass is 16.2. The first-order valence-electron chi connectivity index (χ1n) is 10.1. The van der Waals surface area contributed by atoms with Gasteiger partial charge < -0.3 is 9.80 Å². The van der Waals surface area contributed by atoms with Crippen LogP contribution in [0.5, 0.6) is 0 Å². The molecule has 3 heterocycles. The van der Waals surface area contributed by atoms with Crippen LogP contribution in [0.1, 0.15) is 11.1 Å². The van der Waals surface area contributed by atoms with Crippen LogP contribution in [0.2, 0.25) is 0 Å². The van der Waals surface area contributed by atoms with E-state index < -0.39 is 5.41 Å². The van der Waals surface area contributed by atoms with Gasteiger partial charge in [0.25, 0.3) is 0 Å². The zero-order valence-corrected chi connectivity index (χ0v) is 17.1. The van der Waals surface area contributed by atoms with Gasteiger partial charge in [0.1, 0.15) is 0 Å². The number of benzene rings is 1. The Balaban J connectivity index is 1.49. The Morgan fingerprint density at radius 3 is 2.52 bits per heavy atom. The Morgan fingerprint density at radius 2 is 1.83 bits per heavy atom. The lowest BCUT2D eigenvalue weighted by molar-refractivity contribution is -0.140. The molecule has 0 bridgehead atoms. The van der Waals surface area contributed by atoms with E-state index in [-0.39, 0.29) is 17.7 Å². The SMILES string of the molecule is CN(C)C(=O)[C@]12CN(Cc3ccccc3)C[C@H]1CN(C(=O)Cc1cccnc1)C2. The van der Waals surface area contributed by atoms with E-state index in [0.717, 1.165) is 18.7 Å². The second-order valence-electron chi connectivity index (χ2n) is 8.52. The van der Waals surface area contributed by atoms with Gasteiger partial charge in [-0.3, -0.25) is 19.5 Å². The third kappa shape index (κ3) is 3.90. The molecular formula is C23H28N4O2. The summed E-state index contributed by atoms with van der Waals surface area (Å²) < 4.78 is 0. The summed E-state index contributed by atoms with van der Waals surface area (Å²) in [6.45, 7) is 3.51. The molecule has 152 valence electrons. The molecule has 29 heavy (non-hydrogen) atoms. The van der Waals surface area contributed by atoms with Gasteiger partial charge in [0.2, 0.25) is 11.8 Å². The number of rotatable bonds is 5. The summed E-state index contributed by atoms with van der Waals surface area (Å²) in [5.41, 5.74) is 1.65. The quantitative estimate of drug-likeness (QED) is 0.777. The average molecular weight is 393 g/mol. The molecule has 0 radical (unpaired) electrons. The summed E-state index contributed by atoms with van der Waals surface area (Å²) in [4.78, 5) is 36.2. The van der Waals surface area contributed by atoms with E-state index in [4.69, 9.17) is 0 Å². The molecule has 2 atom stereocenters. The van der Waals surface area contributed by atoms with Gasteiger partial charge in [0, 0.05) is 65.1 Å². The molecule has 2 aliphatic rings. The third-order valence-corrected chi connectivity index (χ3v) is 6.19. The first kappa shape index (κ1) is 19.6. The largest absolute Gasteiger partial charge is 0.348 e. The fourth-order valence-corrected chi connectivity index (χ4v) is 4.86. The lowest BCUT2D eigenvalue weighted by atomic mass is 9.80. The fourth-order valence-electron chi connectivity index (χ4n) is 4.86. The van der Waals surface area contributed by atoms with Crippen molar-refractivity contribution in [2.75, 3.05) is 40.3 Å². The van der Waals surface area contributed by atoms with Crippen molar-refractivity contribution in [1.82, 2.24) is 19.7 Å². The standard InChI is InChI=1S/C23H28N4O2/c1-25(2)22(29)23-16-26(13-18-7-4-3-5-8-18)14-20(23)15-27(17-23)21(28)11-19-9-6-10-24-12-19/h3-10,12,20H,11,13-17H2,1-2H3/t20-,23-/m0/s1. The summed E-state index contributed by atoms with van der Waals surface area (Å²) in [7, 11) is 3.63. The van der Waals surface area contributed by atoms with E-state index in [1.165, 1.54) is 5.56 Å². The molecule has 0 saturated carbocycles. The highest BCUT2D eigenvalue weighted by molar-refractivity contribution is 5.86. The van der Waals surface area contributed by atoms with E-state index >= 15 is 0 Å². The number of carbonyl (C=O) groups is 2. The van der Waals surface area contributed by atoms with Gasteiger partial charge in [0.15, 0.2) is 0 Å². The monoisotopic (exact) mass is 392 g/mol. The van der Waals surface area contributed by atoms with Crippen LogP contribution in [0.3, 0.4) is 0 Å². The van der Waals surface area contributed by atoms with Crippen molar-refractivity contribution in [1.29, 1.82) is 0 Å². The molecule has 0 aliphatic carbocycles. The van der Waals surface area contributed by atoms with Crippen molar-refractivity contribution in [3.05, 3.63) is 66.0 Å². The second kappa shape index (κ2) is 7.95. The summed E-state index contributed by atoms with van der Waals surface area (Å²) in [6.07, 6.45) is 3.78. The third-order valence-electron chi connectivity index (χ3n) is 6.19. The molecule has 2 amide bonds. The molecule has 1 aromatic heterocycles. The Labute approximate surface area is 172 Å². The van der Waals surface area contributed by atoms with Gasteiger partial charge in [-0.1, -0.05) is 36.4 Å². The van der Waals surface area contributed by atoms with Crippen LogP contribution < -0.4 is 0 Å². The number of hydrogen-bond donors (Lipinski definition) is 0. The minimum atomic E-state index is -0.511. The molecule has 4 rings (SSSR count). The lowest BCUT2D eigenvalue weighted by Crippen LogP contribution is -2.47. The maximum Gasteiger partial charge on any atom is 0.231 e. The van der Waals surface area contributed by atoms with Crippen LogP contribution in [0.15, 0.2) is 54.9 Å². The maximum atomic E-state index is 13.2. The molecule has 0 spiro atoms. The number of nitrogens with zero attached hydrogens (tertiary/aromatic N) is 4. The van der Waals surface area contributed by atoms with Gasteiger partial charge in [-0.2, -0.15) is 0 Å². The fraction of sp³-hybridized carbons (Fsp3) is 0.435. The molecule has 2 aromatic rings. The van der Waals surface area contributed by atoms with Crippen LogP contribution in [0, 0.1) is 11.3 Å². The van der Waals surface area contributed by atoms with E-state index in [2.05, 4.69) is 22.0 Å². The van der Waals surface area contributed by atoms with E-state index in [0.29, 0.717) is 26.1 Å². The van der Waals surface area contributed by atoms with E-state index in [9.17, 15) is 9.59 Å². The molecule has 2 fully saturated rings. The second-order valence-corrected chi connectivity index (χ2v) is 8.52. The van der Waals surface area contributed by atoms with Crippen molar-refractivity contribution in [3.8, 4) is 0 Å². The molecule has 6 heteroatoms. The molecular weight excluding hydrogens is 364 g/mol. The highest BCUT2D eigenvalue weighted by Gasteiger charge is 2.58. The normalized spacial score (nSPS) is 23.8. The van der Waals surface area contributed by atoms with E-state index in [1.54, 1.807) is 17.3 Å². The van der Waals surface area contributed by atoms with Crippen molar-refractivity contribution in [2.24, 2.45) is 11.3 Å². The van der Waals surface area contributed by atoms with Gasteiger partial charge in [-0.15, -0.1) is 0 Å². The number of likely N-dealkylation sites (tertiary alicyclic amines) is 2. The highest BCUT2D eigenvalue weighted by Crippen LogP contribution is 2.44. The Bertz CT molecular complexity index is 871. The topological polar surface area (TPSA) is 56.8 Å². The Kier molecular flexibility index (Phi) is 5.37. The Hall–Kier alpha value is -2.73. The van der Waals surface area contributed by atoms with Gasteiger partial charge >= 0.3 is 0 Å². The maximum absolute atomic E-state index is 13.2. The molecule has 0 N–H and O–H groups in total. The number of pyridine rings is 1. The number of hydrogen-bond acceptors (Lipinski definition) is 4. The number of amides is 2. The Morgan fingerprint density at radius 1 is 1.07 bits per heavy atom. The lowest BCUT2D eigenvalue weighted by Gasteiger charge is -2.31. The van der Waals surface area contributed by atoms with Gasteiger partial charge in [-0.05, 0) is 17.2 Å². The van der Waals surface area contributed by atoms with E-state index in [1.807, 2.05) is 49.3 Å². The van der Waals surface area contributed by atoms with Crippen molar-refractivity contribution in [2.45, 2.75) is 13.0 Å². The predicted molar refractivity (Wildman–Crippen MR) is 111 cm³/mol. The number of aromatic nitrogens is 1. The summed E-state index contributed by atoms with van der Waals surface area (Å²) >= 11 is 0. The van der Waals surface area contributed by atoms with Crippen LogP contribution >= 0.6 is 0 Å². The molecule has 0 unspecified atom stereocenters. The zero-order chi connectivity index (χ0) is 20.4. The molecule has 2 saturated heterocycles. The van der Waals surface area contributed by atoms with Crippen molar-refractivity contribution in [3.63, 3.8) is 0 Å². The number of fused-ring (bicyclic) bond motifs is 1. The van der Waals surface area contributed by atoms with Gasteiger partial charge in [-0.25, -0.2) is 0 Å². The minimum absolute atomic E-state index is 0.0768. The van der Waals surface area contributed by atoms with Crippen LogP contribution in [-0.2, 0) is 22.6 Å². The van der Waals surface area contributed by atoms with Crippen LogP contribution in [0.4, 0.5) is 0 Å². The zero-order valence-electron chi connectivity index (χ0n) is 17.1. The minimum Gasteiger partial charge on any atom is -0.348 e. The number of carbonyl (C=O) groups excluding carboxylic acids is 2. The van der Waals surface area contributed by atoms with Crippen LogP contribution in [0.25, 0.3) is 0 Å². The van der Waals surface area contributed by atoms with Crippen molar-refractivity contribution >= 4 is 11.8 Å². The summed E-state index contributed by atoms with van der Waals surface area (Å²) in [5, 5.41) is 0. The first-order valence-corrected chi connectivity index (χ1v) is 10.1. The smallest absolute Gasteiger partial charge is 0.231 e. The van der Waals surface area contributed by atoms with Crippen molar-refractivity contribution < 1.29 is 9.59 Å². The van der Waals surface area contributed by atoms with Crippen LogP contribution in [-0.4, -0.2) is 71.8 Å². The first-order chi connectivity index (χ1) is 14.0. The summed E-state index contributed by atoms with van der Waals surface area (Å²) in [5.74, 6) is 0.377. The van der Waals surface area contributed by atoms with Gasteiger partial charge in [0.05, 0.1) is 11.8 Å². The summed E-state index contributed by atoms with van der Waals surface area (Å²) in [6, 6.07) is 14.1. The molecule has 6 nitrogen and oxygen atoms in total. The average Bonchev–Trinajstić information content (AvgIpc) is 3.23. The molecule has 2 aliphatic heterocycles. The predicted octanol–water partition coefficient (Wildman–Crippen LogP) is 1.67.